The quantitative estimate of drug-likeness (QED) is 0.894. The van der Waals surface area contributed by atoms with E-state index < -0.39 is 10.0 Å². The van der Waals surface area contributed by atoms with E-state index in [9.17, 15) is 8.42 Å². The third kappa shape index (κ3) is 2.22. The summed E-state index contributed by atoms with van der Waals surface area (Å²) in [6.07, 6.45) is 3.45. The molecule has 2 aromatic rings. The molecular weight excluding hydrogens is 238 g/mol. The van der Waals surface area contributed by atoms with Gasteiger partial charge in [0.1, 0.15) is 0 Å². The van der Waals surface area contributed by atoms with Gasteiger partial charge in [0.15, 0.2) is 0 Å². The van der Waals surface area contributed by atoms with Crippen LogP contribution in [0.3, 0.4) is 0 Å². The number of aromatic nitrogens is 2. The van der Waals surface area contributed by atoms with Crippen molar-refractivity contribution in [1.82, 2.24) is 14.5 Å². The van der Waals surface area contributed by atoms with E-state index in [1.165, 1.54) is 18.4 Å². The Hall–Kier alpha value is -1.66. The summed E-state index contributed by atoms with van der Waals surface area (Å²) in [4.78, 5) is 0.287. The fourth-order valence-corrected chi connectivity index (χ4v) is 2.34. The number of nitrogens with zero attached hydrogens (tertiary/aromatic N) is 2. The zero-order chi connectivity index (χ0) is 12.5. The minimum Gasteiger partial charge on any atom is -0.285 e. The number of benzene rings is 1. The molecule has 1 N–H and O–H groups in total. The predicted molar refractivity (Wildman–Crippen MR) is 64.9 cm³/mol. The normalized spacial score (nSPS) is 11.9. The number of hydrogen-bond acceptors (Lipinski definition) is 3. The number of hydrogen-bond donors (Lipinski definition) is 1. The molecule has 0 aliphatic carbocycles. The molecular formula is C11H13N3O2S. The Kier molecular flexibility index (Phi) is 2.99. The van der Waals surface area contributed by atoms with Crippen molar-refractivity contribution in [2.24, 2.45) is 0 Å². The Bertz CT molecular complexity index is 586. The highest BCUT2D eigenvalue weighted by atomic mass is 32.2. The summed E-state index contributed by atoms with van der Waals surface area (Å²) in [5, 5.41) is 6.56. The molecule has 0 radical (unpaired) electrons. The first-order chi connectivity index (χ1) is 8.01. The zero-order valence-electron chi connectivity index (χ0n) is 9.58. The van der Waals surface area contributed by atoms with Crippen LogP contribution in [0.2, 0.25) is 0 Å². The molecule has 0 bridgehead atoms. The third-order valence-electron chi connectivity index (χ3n) is 2.46. The first kappa shape index (κ1) is 11.8. The van der Waals surface area contributed by atoms with Gasteiger partial charge in [0.05, 0.1) is 11.1 Å². The highest BCUT2D eigenvalue weighted by molar-refractivity contribution is 7.89. The fraction of sp³-hybridized carbons (Fsp3) is 0.182. The van der Waals surface area contributed by atoms with Crippen LogP contribution in [-0.4, -0.2) is 37.0 Å². The van der Waals surface area contributed by atoms with Gasteiger partial charge in [-0.05, 0) is 17.7 Å². The molecule has 0 saturated carbocycles. The summed E-state index contributed by atoms with van der Waals surface area (Å²) >= 11 is 0. The van der Waals surface area contributed by atoms with Crippen molar-refractivity contribution in [3.05, 3.63) is 36.7 Å². The number of aromatic amines is 1. The maximum atomic E-state index is 11.8. The highest BCUT2D eigenvalue weighted by Gasteiger charge is 2.16. The average molecular weight is 251 g/mol. The first-order valence-electron chi connectivity index (χ1n) is 5.03. The van der Waals surface area contributed by atoms with Gasteiger partial charge in [-0.25, -0.2) is 12.7 Å². The molecule has 0 unspecified atom stereocenters. The molecule has 0 amide bonds. The van der Waals surface area contributed by atoms with Gasteiger partial charge in [-0.3, -0.25) is 5.10 Å². The maximum Gasteiger partial charge on any atom is 0.242 e. The fourth-order valence-electron chi connectivity index (χ4n) is 1.44. The second-order valence-electron chi connectivity index (χ2n) is 3.80. The maximum absolute atomic E-state index is 11.8. The van der Waals surface area contributed by atoms with Crippen molar-refractivity contribution in [3.8, 4) is 11.1 Å². The summed E-state index contributed by atoms with van der Waals surface area (Å²) in [5.74, 6) is 0. The summed E-state index contributed by atoms with van der Waals surface area (Å²) in [7, 11) is -0.326. The van der Waals surface area contributed by atoms with Crippen LogP contribution in [0.4, 0.5) is 0 Å². The van der Waals surface area contributed by atoms with E-state index in [1.807, 2.05) is 0 Å². The molecule has 0 aliphatic rings. The molecule has 90 valence electrons. The van der Waals surface area contributed by atoms with Gasteiger partial charge in [-0.15, -0.1) is 0 Å². The summed E-state index contributed by atoms with van der Waals surface area (Å²) in [5.41, 5.74) is 1.86. The van der Waals surface area contributed by atoms with Gasteiger partial charge >= 0.3 is 0 Å². The van der Waals surface area contributed by atoms with Gasteiger partial charge in [-0.2, -0.15) is 5.10 Å². The van der Waals surface area contributed by atoms with E-state index in [-0.39, 0.29) is 4.90 Å². The van der Waals surface area contributed by atoms with E-state index in [4.69, 9.17) is 0 Å². The molecule has 0 saturated heterocycles. The molecule has 2 rings (SSSR count). The Morgan fingerprint density at radius 2 is 1.76 bits per heavy atom. The molecule has 5 nitrogen and oxygen atoms in total. The van der Waals surface area contributed by atoms with Crippen LogP contribution in [0, 0.1) is 0 Å². The van der Waals surface area contributed by atoms with Crippen LogP contribution in [0.5, 0.6) is 0 Å². The van der Waals surface area contributed by atoms with Crippen LogP contribution in [0.25, 0.3) is 11.1 Å². The van der Waals surface area contributed by atoms with Crippen molar-refractivity contribution < 1.29 is 8.42 Å². The van der Waals surface area contributed by atoms with E-state index in [0.717, 1.165) is 11.1 Å². The lowest BCUT2D eigenvalue weighted by molar-refractivity contribution is 0.521. The highest BCUT2D eigenvalue weighted by Crippen LogP contribution is 2.20. The summed E-state index contributed by atoms with van der Waals surface area (Å²) in [6, 6.07) is 6.72. The summed E-state index contributed by atoms with van der Waals surface area (Å²) in [6.45, 7) is 0. The second-order valence-corrected chi connectivity index (χ2v) is 5.95. The molecule has 0 atom stereocenters. The number of rotatable bonds is 3. The van der Waals surface area contributed by atoms with Crippen LogP contribution in [-0.2, 0) is 10.0 Å². The van der Waals surface area contributed by atoms with Crippen LogP contribution >= 0.6 is 0 Å². The van der Waals surface area contributed by atoms with Gasteiger partial charge in [0.2, 0.25) is 10.0 Å². The topological polar surface area (TPSA) is 66.1 Å². The van der Waals surface area contributed by atoms with Crippen molar-refractivity contribution in [2.75, 3.05) is 14.1 Å². The molecule has 1 aromatic heterocycles. The molecule has 0 aliphatic heterocycles. The van der Waals surface area contributed by atoms with Crippen molar-refractivity contribution in [1.29, 1.82) is 0 Å². The predicted octanol–water partition coefficient (Wildman–Crippen LogP) is 1.33. The van der Waals surface area contributed by atoms with Crippen LogP contribution < -0.4 is 0 Å². The Labute approximate surface area is 100 Å². The Balaban J connectivity index is 2.38. The minimum absolute atomic E-state index is 0.287. The first-order valence-corrected chi connectivity index (χ1v) is 6.47. The molecule has 0 fully saturated rings. The van der Waals surface area contributed by atoms with Gasteiger partial charge < -0.3 is 0 Å². The summed E-state index contributed by atoms with van der Waals surface area (Å²) < 4.78 is 24.9. The molecule has 0 spiro atoms. The lowest BCUT2D eigenvalue weighted by Gasteiger charge is -2.11. The van der Waals surface area contributed by atoms with Crippen molar-refractivity contribution >= 4 is 10.0 Å². The Morgan fingerprint density at radius 1 is 1.12 bits per heavy atom. The zero-order valence-corrected chi connectivity index (χ0v) is 10.4. The lowest BCUT2D eigenvalue weighted by atomic mass is 10.1. The number of nitrogens with one attached hydrogen (secondary N) is 1. The average Bonchev–Trinajstić information content (AvgIpc) is 2.82. The lowest BCUT2D eigenvalue weighted by Crippen LogP contribution is -2.22. The monoisotopic (exact) mass is 251 g/mol. The molecule has 1 heterocycles. The minimum atomic E-state index is -3.35. The third-order valence-corrected chi connectivity index (χ3v) is 4.29. The van der Waals surface area contributed by atoms with Gasteiger partial charge in [0, 0.05) is 25.9 Å². The van der Waals surface area contributed by atoms with E-state index in [0.29, 0.717) is 0 Å². The molecule has 1 aromatic carbocycles. The van der Waals surface area contributed by atoms with Crippen LogP contribution in [0.1, 0.15) is 0 Å². The largest absolute Gasteiger partial charge is 0.285 e. The van der Waals surface area contributed by atoms with Gasteiger partial charge in [0.25, 0.3) is 0 Å². The second kappa shape index (κ2) is 4.31. The standard InChI is InChI=1S/C11H13N3O2S/c1-14(2)17(15,16)11-5-3-9(4-6-11)10-7-12-13-8-10/h3-8H,1-2H3,(H,12,13). The van der Waals surface area contributed by atoms with E-state index >= 15 is 0 Å². The molecule has 17 heavy (non-hydrogen) atoms. The van der Waals surface area contributed by atoms with Crippen LogP contribution in [0.15, 0.2) is 41.6 Å². The van der Waals surface area contributed by atoms with E-state index in [1.54, 1.807) is 36.7 Å². The Morgan fingerprint density at radius 3 is 2.24 bits per heavy atom. The molecule has 6 heteroatoms. The van der Waals surface area contributed by atoms with E-state index in [2.05, 4.69) is 10.2 Å². The van der Waals surface area contributed by atoms with Gasteiger partial charge in [-0.1, -0.05) is 12.1 Å². The SMILES string of the molecule is CN(C)S(=O)(=O)c1ccc(-c2cn[nH]c2)cc1. The number of H-pyrrole nitrogens is 1. The van der Waals surface area contributed by atoms with Crippen molar-refractivity contribution in [2.45, 2.75) is 4.90 Å². The van der Waals surface area contributed by atoms with Crippen molar-refractivity contribution in [3.63, 3.8) is 0 Å². The smallest absolute Gasteiger partial charge is 0.242 e. The number of sulfonamides is 1.